The third-order valence-corrected chi connectivity index (χ3v) is 4.05. The summed E-state index contributed by atoms with van der Waals surface area (Å²) in [4.78, 5) is 37.9. The van der Waals surface area contributed by atoms with Gasteiger partial charge in [0.2, 0.25) is 0 Å². The molecule has 8 heteroatoms. The summed E-state index contributed by atoms with van der Waals surface area (Å²) in [5.74, 6) is -0.516. The molecule has 0 aliphatic carbocycles. The molecular formula is C17H22BrN3O4. The van der Waals surface area contributed by atoms with Gasteiger partial charge in [-0.05, 0) is 57.9 Å². The lowest BCUT2D eigenvalue weighted by Gasteiger charge is -2.27. The van der Waals surface area contributed by atoms with Crippen molar-refractivity contribution in [2.75, 3.05) is 11.9 Å². The zero-order valence-corrected chi connectivity index (χ0v) is 16.1. The number of rotatable bonds is 2. The molecule has 1 atom stereocenters. The fourth-order valence-corrected chi connectivity index (χ4v) is 2.73. The highest BCUT2D eigenvalue weighted by atomic mass is 79.9. The highest BCUT2D eigenvalue weighted by Crippen LogP contribution is 2.21. The Morgan fingerprint density at radius 1 is 1.20 bits per heavy atom. The number of carbonyl (C=O) groups is 3. The Morgan fingerprint density at radius 2 is 1.84 bits per heavy atom. The number of amides is 4. The average Bonchev–Trinajstić information content (AvgIpc) is 2.97. The summed E-state index contributed by atoms with van der Waals surface area (Å²) in [5.41, 5.74) is -0.0800. The second-order valence-corrected chi connectivity index (χ2v) is 7.70. The van der Waals surface area contributed by atoms with Crippen molar-refractivity contribution in [3.05, 3.63) is 28.7 Å². The third kappa shape index (κ3) is 5.74. The Labute approximate surface area is 155 Å². The van der Waals surface area contributed by atoms with Gasteiger partial charge in [-0.1, -0.05) is 15.9 Å². The van der Waals surface area contributed by atoms with E-state index >= 15 is 0 Å². The molecule has 0 unspecified atom stereocenters. The first-order chi connectivity index (χ1) is 11.7. The highest BCUT2D eigenvalue weighted by Gasteiger charge is 2.37. The number of urea groups is 1. The number of anilines is 1. The molecule has 136 valence electrons. The minimum atomic E-state index is -0.703. The number of hydrogen-bond donors (Lipinski definition) is 2. The molecule has 1 aliphatic heterocycles. The van der Waals surface area contributed by atoms with E-state index in [0.717, 1.165) is 4.47 Å². The average molecular weight is 412 g/mol. The zero-order valence-electron chi connectivity index (χ0n) is 14.5. The number of nitrogens with one attached hydrogen (secondary N) is 2. The van der Waals surface area contributed by atoms with E-state index in [9.17, 15) is 14.4 Å². The highest BCUT2D eigenvalue weighted by molar-refractivity contribution is 9.10. The molecule has 1 aromatic carbocycles. The lowest BCUT2D eigenvalue weighted by molar-refractivity contribution is -0.124. The standard InChI is InChI=1S/C17H22BrN3O4/c1-17(2,3)25-16(24)21-10-4-5-13(21)14(22)20-15(23)19-12-8-6-11(18)7-9-12/h6-9,13H,4-5,10H2,1-3H3,(H2,19,20,22,23)/t13-/m0/s1. The van der Waals surface area contributed by atoms with E-state index in [4.69, 9.17) is 4.74 Å². The van der Waals surface area contributed by atoms with E-state index in [0.29, 0.717) is 25.1 Å². The molecule has 0 bridgehead atoms. The van der Waals surface area contributed by atoms with Crippen LogP contribution in [0, 0.1) is 0 Å². The molecule has 0 saturated carbocycles. The Kier molecular flexibility index (Phi) is 6.05. The predicted octanol–water partition coefficient (Wildman–Crippen LogP) is 3.50. The first-order valence-electron chi connectivity index (χ1n) is 8.03. The summed E-state index contributed by atoms with van der Waals surface area (Å²) >= 11 is 3.31. The minimum Gasteiger partial charge on any atom is -0.444 e. The van der Waals surface area contributed by atoms with Crippen molar-refractivity contribution >= 4 is 39.6 Å². The van der Waals surface area contributed by atoms with Crippen LogP contribution in [0.25, 0.3) is 0 Å². The van der Waals surface area contributed by atoms with Crippen LogP contribution in [0.2, 0.25) is 0 Å². The predicted molar refractivity (Wildman–Crippen MR) is 97.3 cm³/mol. The van der Waals surface area contributed by atoms with Crippen LogP contribution in [0.1, 0.15) is 33.6 Å². The number of ether oxygens (including phenoxy) is 1. The number of nitrogens with zero attached hydrogens (tertiary/aromatic N) is 1. The first kappa shape index (κ1) is 19.2. The van der Waals surface area contributed by atoms with Crippen LogP contribution in [0.5, 0.6) is 0 Å². The van der Waals surface area contributed by atoms with Crippen LogP contribution in [-0.2, 0) is 9.53 Å². The van der Waals surface area contributed by atoms with Crippen molar-refractivity contribution < 1.29 is 19.1 Å². The topological polar surface area (TPSA) is 87.7 Å². The summed E-state index contributed by atoms with van der Waals surface area (Å²) in [7, 11) is 0. The normalized spacial score (nSPS) is 17.1. The molecule has 0 radical (unpaired) electrons. The van der Waals surface area contributed by atoms with Gasteiger partial charge in [-0.15, -0.1) is 0 Å². The summed E-state index contributed by atoms with van der Waals surface area (Å²) in [6.45, 7) is 5.73. The van der Waals surface area contributed by atoms with Crippen molar-refractivity contribution in [2.45, 2.75) is 45.3 Å². The zero-order chi connectivity index (χ0) is 18.6. The molecule has 0 aromatic heterocycles. The molecule has 1 fully saturated rings. The fourth-order valence-electron chi connectivity index (χ4n) is 2.47. The van der Waals surface area contributed by atoms with Gasteiger partial charge in [0.15, 0.2) is 0 Å². The van der Waals surface area contributed by atoms with Gasteiger partial charge < -0.3 is 10.1 Å². The number of benzene rings is 1. The number of imide groups is 1. The minimum absolute atomic E-state index is 0.432. The van der Waals surface area contributed by atoms with Gasteiger partial charge in [0.1, 0.15) is 11.6 Å². The molecule has 2 rings (SSSR count). The Balaban J connectivity index is 1.93. The Morgan fingerprint density at radius 3 is 2.44 bits per heavy atom. The molecule has 1 heterocycles. The van der Waals surface area contributed by atoms with Gasteiger partial charge in [-0.2, -0.15) is 0 Å². The van der Waals surface area contributed by atoms with Crippen LogP contribution in [-0.4, -0.2) is 41.1 Å². The first-order valence-corrected chi connectivity index (χ1v) is 8.82. The van der Waals surface area contributed by atoms with Gasteiger partial charge in [-0.3, -0.25) is 15.0 Å². The number of carbonyl (C=O) groups excluding carboxylic acids is 3. The molecular weight excluding hydrogens is 390 g/mol. The van der Waals surface area contributed by atoms with E-state index in [2.05, 4.69) is 26.6 Å². The Hall–Kier alpha value is -2.09. The smallest absolute Gasteiger partial charge is 0.410 e. The summed E-state index contributed by atoms with van der Waals surface area (Å²) in [6, 6.07) is 5.62. The van der Waals surface area contributed by atoms with Gasteiger partial charge in [0, 0.05) is 16.7 Å². The van der Waals surface area contributed by atoms with Crippen molar-refractivity contribution in [1.82, 2.24) is 10.2 Å². The summed E-state index contributed by atoms with van der Waals surface area (Å²) in [6.07, 6.45) is 0.640. The van der Waals surface area contributed by atoms with E-state index < -0.39 is 29.7 Å². The van der Waals surface area contributed by atoms with Crippen molar-refractivity contribution in [2.24, 2.45) is 0 Å². The molecule has 0 spiro atoms. The van der Waals surface area contributed by atoms with E-state index in [1.165, 1.54) is 4.90 Å². The molecule has 25 heavy (non-hydrogen) atoms. The van der Waals surface area contributed by atoms with Crippen LogP contribution >= 0.6 is 15.9 Å². The lowest BCUT2D eigenvalue weighted by atomic mass is 10.2. The molecule has 7 nitrogen and oxygen atoms in total. The lowest BCUT2D eigenvalue weighted by Crippen LogP contribution is -2.49. The second-order valence-electron chi connectivity index (χ2n) is 6.78. The maximum atomic E-state index is 12.4. The number of halogens is 1. The maximum absolute atomic E-state index is 12.4. The van der Waals surface area contributed by atoms with Crippen LogP contribution < -0.4 is 10.6 Å². The fraction of sp³-hybridized carbons (Fsp3) is 0.471. The monoisotopic (exact) mass is 411 g/mol. The molecule has 4 amide bonds. The molecule has 1 aromatic rings. The van der Waals surface area contributed by atoms with Gasteiger partial charge in [0.05, 0.1) is 0 Å². The Bertz CT molecular complexity index is 655. The summed E-state index contributed by atoms with van der Waals surface area (Å²) in [5, 5.41) is 4.86. The quantitative estimate of drug-likeness (QED) is 0.779. The number of hydrogen-bond acceptors (Lipinski definition) is 4. The van der Waals surface area contributed by atoms with Crippen LogP contribution in [0.3, 0.4) is 0 Å². The van der Waals surface area contributed by atoms with Crippen molar-refractivity contribution in [1.29, 1.82) is 0 Å². The van der Waals surface area contributed by atoms with Gasteiger partial charge in [0.25, 0.3) is 5.91 Å². The second kappa shape index (κ2) is 7.86. The van der Waals surface area contributed by atoms with E-state index in [1.807, 2.05) is 0 Å². The van der Waals surface area contributed by atoms with Gasteiger partial charge >= 0.3 is 12.1 Å². The molecule has 1 aliphatic rings. The molecule has 2 N–H and O–H groups in total. The van der Waals surface area contributed by atoms with E-state index in [1.54, 1.807) is 45.0 Å². The van der Waals surface area contributed by atoms with E-state index in [-0.39, 0.29) is 0 Å². The SMILES string of the molecule is CC(C)(C)OC(=O)N1CCC[C@H]1C(=O)NC(=O)Nc1ccc(Br)cc1. The van der Waals surface area contributed by atoms with Crippen LogP contribution in [0.4, 0.5) is 15.3 Å². The van der Waals surface area contributed by atoms with Crippen LogP contribution in [0.15, 0.2) is 28.7 Å². The van der Waals surface area contributed by atoms with Gasteiger partial charge in [-0.25, -0.2) is 9.59 Å². The third-order valence-electron chi connectivity index (χ3n) is 3.52. The van der Waals surface area contributed by atoms with Crippen molar-refractivity contribution in [3.63, 3.8) is 0 Å². The number of likely N-dealkylation sites (tertiary alicyclic amines) is 1. The summed E-state index contributed by atoms with van der Waals surface area (Å²) < 4.78 is 6.20. The van der Waals surface area contributed by atoms with Crippen molar-refractivity contribution in [3.8, 4) is 0 Å². The largest absolute Gasteiger partial charge is 0.444 e. The maximum Gasteiger partial charge on any atom is 0.410 e. The molecule has 1 saturated heterocycles.